The molecule has 0 amide bonds. The first-order chi connectivity index (χ1) is 20.9. The molecule has 138 valence electrons. The largest absolute Gasteiger partial charge is 0.226 e. The predicted octanol–water partition coefficient (Wildman–Crippen LogP) is 6.68. The van der Waals surface area contributed by atoms with Gasteiger partial charge in [0, 0.05) is 11.1 Å². The smallest absolute Gasteiger partial charge is 0.208 e. The molecule has 1 aromatic heterocycles. The van der Waals surface area contributed by atoms with Crippen LogP contribution in [0.4, 0.5) is 0 Å². The normalized spacial score (nSPS) is 18.7. The Morgan fingerprint density at radius 2 is 1.28 bits per heavy atom. The van der Waals surface area contributed by atoms with Crippen LogP contribution in [-0.2, 0) is 0 Å². The zero-order valence-corrected chi connectivity index (χ0v) is 15.0. The van der Waals surface area contributed by atoms with Crippen LogP contribution in [0.25, 0.3) is 44.7 Å². The molecule has 1 heterocycles. The quantitative estimate of drug-likeness (QED) is 0.333. The topological polar surface area (TPSA) is 38.7 Å². The van der Waals surface area contributed by atoms with Crippen molar-refractivity contribution in [2.75, 3.05) is 0 Å². The van der Waals surface area contributed by atoms with Crippen molar-refractivity contribution in [1.29, 1.82) is 0 Å². The monoisotopic (exact) mass is 409 g/mol. The zero-order chi connectivity index (χ0) is 33.6. The van der Waals surface area contributed by atoms with Gasteiger partial charge in [-0.3, -0.25) is 0 Å². The van der Waals surface area contributed by atoms with E-state index in [0.717, 1.165) is 0 Å². The maximum absolute atomic E-state index is 8.92. The molecule has 0 bridgehead atoms. The highest BCUT2D eigenvalue weighted by Crippen LogP contribution is 2.31. The molecule has 0 spiro atoms. The van der Waals surface area contributed by atoms with Crippen molar-refractivity contribution in [2.45, 2.75) is 0 Å². The molecule has 0 unspecified atom stereocenters. The van der Waals surface area contributed by atoms with Gasteiger partial charge in [-0.2, -0.15) is 9.97 Å². The summed E-state index contributed by atoms with van der Waals surface area (Å²) in [4.78, 5) is 12.0. The van der Waals surface area contributed by atoms with Crippen LogP contribution in [0.15, 0.2) is 96.7 Å². The number of hydrogen-bond acceptors (Lipinski definition) is 3. The summed E-state index contributed by atoms with van der Waals surface area (Å²) in [6.07, 6.45) is 0. The average molecular weight is 410 g/mol. The molecule has 5 rings (SSSR count). The molecule has 4 heteroatoms. The van der Waals surface area contributed by atoms with Crippen molar-refractivity contribution in [3.05, 3.63) is 102 Å². The predicted molar refractivity (Wildman–Crippen MR) is 119 cm³/mol. The second-order valence-electron chi connectivity index (χ2n) is 5.50. The minimum Gasteiger partial charge on any atom is -0.208 e. The Morgan fingerprint density at radius 3 is 2.03 bits per heavy atom. The second kappa shape index (κ2) is 7.46. The summed E-state index contributed by atoms with van der Waals surface area (Å²) in [5.74, 6) is -1.06. The van der Waals surface area contributed by atoms with Gasteiger partial charge < -0.3 is 0 Å². The molecule has 3 nitrogen and oxygen atoms in total. The summed E-state index contributed by atoms with van der Waals surface area (Å²) in [7, 11) is 0. The SMILES string of the molecule is [2H]c1c([2H])c([2H])c(-c2nc(Cl)nc(-c3c([2H])c([2H])c([2H])c4c([2H])c(-c5c([2H])c([2H])c([2H])c([2H])c5[2H])c([2H])c([2H])c34)n2)c([2H])c1[2H]. The Labute approximate surface area is 196 Å². The van der Waals surface area contributed by atoms with Crippen molar-refractivity contribution in [1.82, 2.24) is 15.0 Å². The molecule has 0 aliphatic rings. The first-order valence-corrected chi connectivity index (χ1v) is 8.41. The first-order valence-electron chi connectivity index (χ1n) is 16.0. The van der Waals surface area contributed by atoms with Crippen LogP contribution >= 0.6 is 11.6 Å². The van der Waals surface area contributed by atoms with Gasteiger partial charge in [-0.15, -0.1) is 0 Å². The van der Waals surface area contributed by atoms with Crippen molar-refractivity contribution in [3.8, 4) is 33.9 Å². The van der Waals surface area contributed by atoms with Gasteiger partial charge in [-0.25, -0.2) is 4.98 Å². The van der Waals surface area contributed by atoms with Gasteiger partial charge in [-0.1, -0.05) is 90.6 Å². The Morgan fingerprint density at radius 1 is 0.586 bits per heavy atom. The highest BCUT2D eigenvalue weighted by atomic mass is 35.5. The van der Waals surface area contributed by atoms with Gasteiger partial charge in [0.1, 0.15) is 0 Å². The third kappa shape index (κ3) is 3.48. The van der Waals surface area contributed by atoms with E-state index in [9.17, 15) is 0 Å². The standard InChI is InChI=1S/C25H16ClN3/c26-25-28-23(18-10-5-2-6-11-18)27-24(29-25)22-13-7-12-20-16-19(14-15-21(20)22)17-8-3-1-4-9-17/h1-16H/i1D,2D,3D,4D,5D,6D,7D,8D,9D,10D,11D,12D,13D,14D,15D,16D. The number of aromatic nitrogens is 3. The molecule has 0 atom stereocenters. The Hall–Kier alpha value is -3.56. The first kappa shape index (κ1) is 7.36. The van der Waals surface area contributed by atoms with E-state index in [1.165, 1.54) is 0 Å². The van der Waals surface area contributed by atoms with E-state index < -0.39 is 147 Å². The van der Waals surface area contributed by atoms with Crippen LogP contribution in [-0.4, -0.2) is 15.0 Å². The van der Waals surface area contributed by atoms with E-state index in [0.29, 0.717) is 0 Å². The fourth-order valence-corrected chi connectivity index (χ4v) is 2.67. The molecule has 0 fully saturated rings. The lowest BCUT2D eigenvalue weighted by Crippen LogP contribution is -1.97. The summed E-state index contributed by atoms with van der Waals surface area (Å²) in [5.41, 5.74) is -2.08. The molecule has 0 radical (unpaired) electrons. The fourth-order valence-electron chi connectivity index (χ4n) is 2.51. The summed E-state index contributed by atoms with van der Waals surface area (Å²) < 4.78 is 133. The van der Waals surface area contributed by atoms with Crippen LogP contribution in [0.2, 0.25) is 5.28 Å². The van der Waals surface area contributed by atoms with Crippen molar-refractivity contribution < 1.29 is 21.9 Å². The van der Waals surface area contributed by atoms with Crippen molar-refractivity contribution >= 4 is 22.4 Å². The molecule has 0 saturated heterocycles. The van der Waals surface area contributed by atoms with Crippen LogP contribution in [0.5, 0.6) is 0 Å². The Bertz CT molecular complexity index is 2100. The van der Waals surface area contributed by atoms with Gasteiger partial charge in [0.15, 0.2) is 11.6 Å². The average Bonchev–Trinajstić information content (AvgIpc) is 2.99. The van der Waals surface area contributed by atoms with E-state index in [1.54, 1.807) is 0 Å². The second-order valence-corrected chi connectivity index (χ2v) is 5.84. The molecule has 4 aromatic carbocycles. The molecule has 5 aromatic rings. The summed E-state index contributed by atoms with van der Waals surface area (Å²) >= 11 is 6.15. The van der Waals surface area contributed by atoms with E-state index in [4.69, 9.17) is 33.5 Å². The van der Waals surface area contributed by atoms with Crippen molar-refractivity contribution in [2.24, 2.45) is 0 Å². The van der Waals surface area contributed by atoms with Crippen LogP contribution in [0, 0.1) is 0 Å². The highest BCUT2D eigenvalue weighted by Gasteiger charge is 2.12. The third-order valence-electron chi connectivity index (χ3n) is 3.74. The minimum atomic E-state index is -0.796. The number of benzene rings is 4. The lowest BCUT2D eigenvalue weighted by molar-refractivity contribution is 1.07. The molecule has 0 aliphatic carbocycles. The third-order valence-corrected chi connectivity index (χ3v) is 3.91. The van der Waals surface area contributed by atoms with Crippen molar-refractivity contribution in [3.63, 3.8) is 0 Å². The summed E-state index contributed by atoms with van der Waals surface area (Å²) in [6, 6.07) is -11.8. The maximum Gasteiger partial charge on any atom is 0.226 e. The summed E-state index contributed by atoms with van der Waals surface area (Å²) in [6.45, 7) is 0. The highest BCUT2D eigenvalue weighted by molar-refractivity contribution is 6.28. The van der Waals surface area contributed by atoms with Gasteiger partial charge in [0.2, 0.25) is 5.28 Å². The number of fused-ring (bicyclic) bond motifs is 1. The molecule has 0 N–H and O–H groups in total. The van der Waals surface area contributed by atoms with E-state index >= 15 is 0 Å². The van der Waals surface area contributed by atoms with Gasteiger partial charge in [-0.05, 0) is 39.5 Å². The van der Waals surface area contributed by atoms with Crippen LogP contribution in [0.3, 0.4) is 0 Å². The zero-order valence-electron chi connectivity index (χ0n) is 30.2. The van der Waals surface area contributed by atoms with E-state index in [-0.39, 0.29) is 0 Å². The maximum atomic E-state index is 8.92. The number of rotatable bonds is 3. The molecule has 0 saturated carbocycles. The summed E-state index contributed by atoms with van der Waals surface area (Å²) in [5, 5.41) is -1.51. The fraction of sp³-hybridized carbons (Fsp3) is 0. The molecular formula is C25H16ClN3. The Kier molecular flexibility index (Phi) is 1.89. The molecule has 0 aliphatic heterocycles. The molecule has 29 heavy (non-hydrogen) atoms. The van der Waals surface area contributed by atoms with Gasteiger partial charge in [0.25, 0.3) is 0 Å². The van der Waals surface area contributed by atoms with E-state index in [1.807, 2.05) is 0 Å². The molecular weight excluding hydrogens is 378 g/mol. The van der Waals surface area contributed by atoms with Crippen LogP contribution < -0.4 is 0 Å². The van der Waals surface area contributed by atoms with Gasteiger partial charge >= 0.3 is 0 Å². The Balaban J connectivity index is 1.94. The van der Waals surface area contributed by atoms with Gasteiger partial charge in [0.05, 0.1) is 21.9 Å². The number of nitrogens with zero attached hydrogens (tertiary/aromatic N) is 3. The number of hydrogen-bond donors (Lipinski definition) is 0. The lowest BCUT2D eigenvalue weighted by Gasteiger charge is -2.09. The van der Waals surface area contributed by atoms with E-state index in [2.05, 4.69) is 15.0 Å². The number of halogens is 1. The lowest BCUT2D eigenvalue weighted by atomic mass is 9.98. The minimum absolute atomic E-state index is 0.443. The van der Waals surface area contributed by atoms with Crippen LogP contribution in [0.1, 0.15) is 21.9 Å².